The fraction of sp³-hybridized carbons (Fsp3) is 0.400. The van der Waals surface area contributed by atoms with Crippen molar-refractivity contribution in [2.45, 2.75) is 19.8 Å². The molecule has 0 aliphatic rings. The van der Waals surface area contributed by atoms with E-state index in [2.05, 4.69) is 9.72 Å². The van der Waals surface area contributed by atoms with E-state index in [1.165, 1.54) is 6.92 Å². The summed E-state index contributed by atoms with van der Waals surface area (Å²) in [5.41, 5.74) is -0.554. The molecule has 0 aromatic carbocycles. The van der Waals surface area contributed by atoms with Crippen LogP contribution in [-0.4, -0.2) is 18.1 Å². The molecule has 0 bridgehead atoms. The predicted octanol–water partition coefficient (Wildman–Crippen LogP) is 2.18. The highest BCUT2D eigenvalue weighted by Gasteiger charge is 2.22. The topological polar surface area (TPSA) is 39.2 Å². The number of rotatable bonds is 3. The number of carbonyl (C=O) groups is 1. The third-order valence-electron chi connectivity index (χ3n) is 2.16. The van der Waals surface area contributed by atoms with Crippen molar-refractivity contribution in [1.29, 1.82) is 0 Å². The zero-order chi connectivity index (χ0) is 12.3. The molecule has 0 saturated heterocycles. The first-order valence-corrected chi connectivity index (χ1v) is 4.46. The number of aromatic nitrogens is 1. The fourth-order valence-corrected chi connectivity index (χ4v) is 1.31. The van der Waals surface area contributed by atoms with Gasteiger partial charge in [-0.25, -0.2) is 13.8 Å². The van der Waals surface area contributed by atoms with Crippen LogP contribution >= 0.6 is 0 Å². The summed E-state index contributed by atoms with van der Waals surface area (Å²) < 4.78 is 42.6. The van der Waals surface area contributed by atoms with Gasteiger partial charge in [0.15, 0.2) is 0 Å². The number of carbonyl (C=O) groups excluding carboxylic acids is 1. The Bertz CT molecular complexity index is 407. The largest absolute Gasteiger partial charge is 0.469 e. The normalized spacial score (nSPS) is 10.6. The third kappa shape index (κ3) is 2.50. The maximum absolute atomic E-state index is 13.1. The van der Waals surface area contributed by atoms with Gasteiger partial charge in [-0.2, -0.15) is 4.39 Å². The molecule has 0 aliphatic heterocycles. The van der Waals surface area contributed by atoms with Crippen molar-refractivity contribution < 1.29 is 22.7 Å². The Morgan fingerprint density at radius 2 is 2.19 bits per heavy atom. The number of methoxy groups -OCH3 is 1. The Morgan fingerprint density at radius 3 is 2.69 bits per heavy atom. The van der Waals surface area contributed by atoms with Gasteiger partial charge in [0.1, 0.15) is 0 Å². The fourth-order valence-electron chi connectivity index (χ4n) is 1.31. The van der Waals surface area contributed by atoms with Crippen LogP contribution in [0.15, 0.2) is 6.20 Å². The van der Waals surface area contributed by atoms with Crippen LogP contribution in [0.4, 0.5) is 13.2 Å². The summed E-state index contributed by atoms with van der Waals surface area (Å²) in [6.07, 6.45) is -2.28. The van der Waals surface area contributed by atoms with E-state index in [4.69, 9.17) is 0 Å². The summed E-state index contributed by atoms with van der Waals surface area (Å²) in [5, 5.41) is 0. The Morgan fingerprint density at radius 1 is 1.56 bits per heavy atom. The summed E-state index contributed by atoms with van der Waals surface area (Å²) in [6, 6.07) is 0. The number of halogens is 3. The molecule has 0 unspecified atom stereocenters. The van der Waals surface area contributed by atoms with Crippen LogP contribution in [0.25, 0.3) is 0 Å². The number of nitrogens with zero attached hydrogens (tertiary/aromatic N) is 1. The molecule has 6 heteroatoms. The van der Waals surface area contributed by atoms with E-state index in [-0.39, 0.29) is 12.0 Å². The monoisotopic (exact) mass is 233 g/mol. The SMILES string of the molecule is COC(=O)Cc1c(C)cnc(F)c1C(F)F. The number of alkyl halides is 2. The van der Waals surface area contributed by atoms with E-state index >= 15 is 0 Å². The van der Waals surface area contributed by atoms with Gasteiger partial charge < -0.3 is 4.74 Å². The van der Waals surface area contributed by atoms with Crippen LogP contribution in [0.3, 0.4) is 0 Å². The minimum atomic E-state index is -3.01. The van der Waals surface area contributed by atoms with Gasteiger partial charge in [0.05, 0.1) is 19.1 Å². The molecule has 0 fully saturated rings. The molecule has 0 N–H and O–H groups in total. The Hall–Kier alpha value is -1.59. The van der Waals surface area contributed by atoms with Crippen molar-refractivity contribution in [3.8, 4) is 0 Å². The van der Waals surface area contributed by atoms with Crippen molar-refractivity contribution in [3.05, 3.63) is 28.8 Å². The third-order valence-corrected chi connectivity index (χ3v) is 2.16. The second kappa shape index (κ2) is 4.96. The smallest absolute Gasteiger partial charge is 0.310 e. The maximum atomic E-state index is 13.1. The van der Waals surface area contributed by atoms with Crippen LogP contribution in [0.5, 0.6) is 0 Å². The van der Waals surface area contributed by atoms with Gasteiger partial charge in [-0.1, -0.05) is 0 Å². The Kier molecular flexibility index (Phi) is 3.87. The predicted molar refractivity (Wildman–Crippen MR) is 49.6 cm³/mol. The van der Waals surface area contributed by atoms with Gasteiger partial charge in [-0.3, -0.25) is 4.79 Å². The summed E-state index contributed by atoms with van der Waals surface area (Å²) in [7, 11) is 1.14. The number of pyridine rings is 1. The average Bonchev–Trinajstić information content (AvgIpc) is 2.22. The van der Waals surface area contributed by atoms with Crippen LogP contribution in [0.2, 0.25) is 0 Å². The van der Waals surface area contributed by atoms with E-state index in [0.717, 1.165) is 13.3 Å². The highest BCUT2D eigenvalue weighted by atomic mass is 19.3. The zero-order valence-electron chi connectivity index (χ0n) is 8.76. The minimum Gasteiger partial charge on any atom is -0.469 e. The van der Waals surface area contributed by atoms with Crippen molar-refractivity contribution in [2.24, 2.45) is 0 Å². The highest BCUT2D eigenvalue weighted by Crippen LogP contribution is 2.27. The Balaban J connectivity index is 3.23. The van der Waals surface area contributed by atoms with E-state index in [1.807, 2.05) is 0 Å². The number of ether oxygens (including phenoxy) is 1. The molecule has 0 spiro atoms. The van der Waals surface area contributed by atoms with E-state index < -0.39 is 23.9 Å². The second-order valence-corrected chi connectivity index (χ2v) is 3.18. The van der Waals surface area contributed by atoms with Crippen LogP contribution in [0, 0.1) is 12.9 Å². The van der Waals surface area contributed by atoms with Gasteiger partial charge in [-0.05, 0) is 18.1 Å². The van der Waals surface area contributed by atoms with E-state index in [0.29, 0.717) is 5.56 Å². The summed E-state index contributed by atoms with van der Waals surface area (Å²) in [6.45, 7) is 1.48. The molecule has 0 atom stereocenters. The first-order chi connectivity index (χ1) is 7.47. The average molecular weight is 233 g/mol. The molecule has 1 heterocycles. The van der Waals surface area contributed by atoms with E-state index in [9.17, 15) is 18.0 Å². The summed E-state index contributed by atoms with van der Waals surface area (Å²) in [5.74, 6) is -1.95. The van der Waals surface area contributed by atoms with Gasteiger partial charge in [0.25, 0.3) is 6.43 Å². The number of hydrogen-bond acceptors (Lipinski definition) is 3. The van der Waals surface area contributed by atoms with Crippen molar-refractivity contribution >= 4 is 5.97 Å². The number of hydrogen-bond donors (Lipinski definition) is 0. The number of esters is 1. The van der Waals surface area contributed by atoms with Gasteiger partial charge >= 0.3 is 5.97 Å². The molecule has 3 nitrogen and oxygen atoms in total. The molecule has 88 valence electrons. The quantitative estimate of drug-likeness (QED) is 0.593. The highest BCUT2D eigenvalue weighted by molar-refractivity contribution is 5.73. The van der Waals surface area contributed by atoms with Crippen LogP contribution in [0.1, 0.15) is 23.1 Å². The Labute approximate surface area is 90.2 Å². The molecule has 16 heavy (non-hydrogen) atoms. The van der Waals surface area contributed by atoms with Gasteiger partial charge in [0, 0.05) is 6.20 Å². The molecule has 1 rings (SSSR count). The minimum absolute atomic E-state index is 0.0608. The first-order valence-electron chi connectivity index (χ1n) is 4.46. The lowest BCUT2D eigenvalue weighted by atomic mass is 10.0. The standard InChI is InChI=1S/C10H10F3NO2/c1-5-4-14-10(13)8(9(11)12)6(5)3-7(15)16-2/h4,9H,3H2,1-2H3. The van der Waals surface area contributed by atoms with Crippen molar-refractivity contribution in [2.75, 3.05) is 7.11 Å². The number of aryl methyl sites for hydroxylation is 1. The first kappa shape index (κ1) is 12.5. The molecule has 0 aliphatic carbocycles. The molecule has 0 radical (unpaired) electrons. The van der Waals surface area contributed by atoms with Crippen LogP contribution < -0.4 is 0 Å². The summed E-state index contributed by atoms with van der Waals surface area (Å²) >= 11 is 0. The van der Waals surface area contributed by atoms with Gasteiger partial charge in [0.2, 0.25) is 5.95 Å². The van der Waals surface area contributed by atoms with E-state index in [1.54, 1.807) is 0 Å². The van der Waals surface area contributed by atoms with Gasteiger partial charge in [-0.15, -0.1) is 0 Å². The van der Waals surface area contributed by atoms with Crippen molar-refractivity contribution in [3.63, 3.8) is 0 Å². The maximum Gasteiger partial charge on any atom is 0.310 e. The lowest BCUT2D eigenvalue weighted by molar-refractivity contribution is -0.139. The molecule has 0 amide bonds. The molecule has 1 aromatic rings. The second-order valence-electron chi connectivity index (χ2n) is 3.18. The lowest BCUT2D eigenvalue weighted by Gasteiger charge is -2.11. The molecule has 1 aromatic heterocycles. The lowest BCUT2D eigenvalue weighted by Crippen LogP contribution is -2.11. The molecular weight excluding hydrogens is 223 g/mol. The molecular formula is C10H10F3NO2. The van der Waals surface area contributed by atoms with Crippen molar-refractivity contribution in [1.82, 2.24) is 4.98 Å². The summed E-state index contributed by atoms with van der Waals surface area (Å²) in [4.78, 5) is 14.2. The van der Waals surface area contributed by atoms with Crippen LogP contribution in [-0.2, 0) is 16.0 Å². The zero-order valence-corrected chi connectivity index (χ0v) is 8.76. The molecule has 0 saturated carbocycles.